The normalized spacial score (nSPS) is 17.4. The van der Waals surface area contributed by atoms with Crippen molar-refractivity contribution in [2.75, 3.05) is 24.5 Å². The molecule has 1 saturated heterocycles. The number of anilines is 1. The van der Waals surface area contributed by atoms with Gasteiger partial charge in [-0.2, -0.15) is 0 Å². The van der Waals surface area contributed by atoms with Gasteiger partial charge in [-0.05, 0) is 39.8 Å². The molecule has 1 aliphatic rings. The van der Waals surface area contributed by atoms with Crippen molar-refractivity contribution >= 4 is 34.5 Å². The second-order valence-corrected chi connectivity index (χ2v) is 8.89. The Morgan fingerprint density at radius 1 is 1.27 bits per heavy atom. The maximum absolute atomic E-state index is 12.4. The van der Waals surface area contributed by atoms with Crippen molar-refractivity contribution in [3.63, 3.8) is 0 Å². The topological polar surface area (TPSA) is 87.2 Å². The van der Waals surface area contributed by atoms with Crippen molar-refractivity contribution in [1.29, 1.82) is 0 Å². The fourth-order valence-corrected chi connectivity index (χ4v) is 3.82. The molecule has 3 aromatic heterocycles. The lowest BCUT2D eigenvalue weighted by molar-refractivity contribution is 0.0218. The third kappa shape index (κ3) is 4.05. The fraction of sp³-hybridized carbons (Fsp3) is 0.429. The Balaban J connectivity index is 1.59. The van der Waals surface area contributed by atoms with Crippen molar-refractivity contribution in [3.8, 4) is 11.3 Å². The second-order valence-electron chi connectivity index (χ2n) is 8.45. The lowest BCUT2D eigenvalue weighted by atomic mass is 10.1. The Kier molecular flexibility index (Phi) is 5.27. The highest BCUT2D eigenvalue weighted by Crippen LogP contribution is 2.32. The number of aromatic amines is 1. The first-order valence-electron chi connectivity index (χ1n) is 9.91. The zero-order chi connectivity index (χ0) is 21.5. The van der Waals surface area contributed by atoms with Crippen LogP contribution in [0, 0.1) is 0 Å². The van der Waals surface area contributed by atoms with Gasteiger partial charge < -0.3 is 19.5 Å². The Labute approximate surface area is 180 Å². The number of pyridine rings is 1. The van der Waals surface area contributed by atoms with Crippen molar-refractivity contribution < 1.29 is 9.53 Å². The highest BCUT2D eigenvalue weighted by atomic mass is 35.5. The van der Waals surface area contributed by atoms with Gasteiger partial charge in [-0.25, -0.2) is 14.8 Å². The van der Waals surface area contributed by atoms with Crippen LogP contribution in [0.5, 0.6) is 0 Å². The smallest absolute Gasteiger partial charge is 0.410 e. The molecule has 0 aromatic carbocycles. The van der Waals surface area contributed by atoms with Gasteiger partial charge in [0.1, 0.15) is 23.0 Å². The molecule has 1 aliphatic heterocycles. The number of carbonyl (C=O) groups excluding carboxylic acids is 1. The van der Waals surface area contributed by atoms with Crippen LogP contribution in [-0.2, 0) is 4.74 Å². The molecule has 30 heavy (non-hydrogen) atoms. The summed E-state index contributed by atoms with van der Waals surface area (Å²) in [5.41, 5.74) is 2.74. The largest absolute Gasteiger partial charge is 0.444 e. The van der Waals surface area contributed by atoms with Crippen LogP contribution in [0.25, 0.3) is 22.3 Å². The van der Waals surface area contributed by atoms with Crippen LogP contribution in [0.4, 0.5) is 10.6 Å². The highest BCUT2D eigenvalue weighted by molar-refractivity contribution is 6.30. The molecule has 1 amide bonds. The van der Waals surface area contributed by atoms with Crippen LogP contribution in [0.1, 0.15) is 27.7 Å². The molecule has 0 spiro atoms. The number of hydrogen-bond donors (Lipinski definition) is 1. The van der Waals surface area contributed by atoms with Crippen molar-refractivity contribution in [1.82, 2.24) is 24.8 Å². The van der Waals surface area contributed by atoms with Gasteiger partial charge in [0.25, 0.3) is 0 Å². The van der Waals surface area contributed by atoms with Crippen LogP contribution in [0.3, 0.4) is 0 Å². The number of piperazine rings is 1. The summed E-state index contributed by atoms with van der Waals surface area (Å²) < 4.78 is 5.52. The van der Waals surface area contributed by atoms with Crippen molar-refractivity contribution in [3.05, 3.63) is 35.9 Å². The first kappa shape index (κ1) is 20.4. The average molecular weight is 429 g/mol. The van der Waals surface area contributed by atoms with E-state index in [1.54, 1.807) is 23.5 Å². The minimum atomic E-state index is -0.509. The summed E-state index contributed by atoms with van der Waals surface area (Å²) in [6.07, 6.45) is 4.84. The van der Waals surface area contributed by atoms with E-state index < -0.39 is 5.60 Å². The van der Waals surface area contributed by atoms with Crippen LogP contribution in [-0.4, -0.2) is 62.2 Å². The van der Waals surface area contributed by atoms with E-state index in [9.17, 15) is 4.79 Å². The van der Waals surface area contributed by atoms with Crippen LogP contribution >= 0.6 is 11.6 Å². The Bertz CT molecular complexity index is 1080. The van der Waals surface area contributed by atoms with Crippen LogP contribution in [0.2, 0.25) is 5.02 Å². The number of nitrogens with one attached hydrogen (secondary N) is 1. The summed E-state index contributed by atoms with van der Waals surface area (Å²) in [5, 5.41) is 0.621. The van der Waals surface area contributed by atoms with E-state index in [4.69, 9.17) is 16.3 Å². The molecule has 158 valence electrons. The van der Waals surface area contributed by atoms with Gasteiger partial charge >= 0.3 is 6.09 Å². The van der Waals surface area contributed by atoms with Gasteiger partial charge in [-0.1, -0.05) is 11.6 Å². The lowest BCUT2D eigenvalue weighted by Gasteiger charge is -2.40. The molecule has 4 heterocycles. The SMILES string of the molecule is C[C@H]1CN(C(=O)OC(C)(C)C)CCN1c1ncnc2c(-c3cc(Cl)ccn3)c[nH]c12. The summed E-state index contributed by atoms with van der Waals surface area (Å²) in [7, 11) is 0. The average Bonchev–Trinajstić information content (AvgIpc) is 3.11. The first-order valence-corrected chi connectivity index (χ1v) is 10.3. The van der Waals surface area contributed by atoms with Gasteiger partial charge in [-0.3, -0.25) is 4.98 Å². The number of nitrogens with zero attached hydrogens (tertiary/aromatic N) is 5. The number of ether oxygens (including phenoxy) is 1. The molecular formula is C21H25ClN6O2. The third-order valence-electron chi connectivity index (χ3n) is 4.99. The monoisotopic (exact) mass is 428 g/mol. The molecule has 0 bridgehead atoms. The summed E-state index contributed by atoms with van der Waals surface area (Å²) in [6, 6.07) is 3.63. The summed E-state index contributed by atoms with van der Waals surface area (Å²) in [4.78, 5) is 33.1. The first-order chi connectivity index (χ1) is 14.2. The Morgan fingerprint density at radius 3 is 2.77 bits per heavy atom. The predicted molar refractivity (Wildman–Crippen MR) is 117 cm³/mol. The number of carbonyl (C=O) groups is 1. The van der Waals surface area contributed by atoms with E-state index in [-0.39, 0.29) is 12.1 Å². The van der Waals surface area contributed by atoms with E-state index in [2.05, 4.69) is 31.8 Å². The molecule has 1 fully saturated rings. The Hall–Kier alpha value is -2.87. The van der Waals surface area contributed by atoms with E-state index in [1.807, 2.05) is 33.0 Å². The number of fused-ring (bicyclic) bond motifs is 1. The summed E-state index contributed by atoms with van der Waals surface area (Å²) >= 11 is 6.13. The van der Waals surface area contributed by atoms with E-state index in [0.29, 0.717) is 24.7 Å². The predicted octanol–water partition coefficient (Wildman–Crippen LogP) is 4.12. The minimum Gasteiger partial charge on any atom is -0.444 e. The van der Waals surface area contributed by atoms with Crippen LogP contribution < -0.4 is 4.90 Å². The van der Waals surface area contributed by atoms with Crippen molar-refractivity contribution in [2.24, 2.45) is 0 Å². The molecule has 0 saturated carbocycles. The molecule has 1 N–H and O–H groups in total. The van der Waals surface area contributed by atoms with Gasteiger partial charge in [0, 0.05) is 48.7 Å². The number of rotatable bonds is 2. The zero-order valence-corrected chi connectivity index (χ0v) is 18.3. The number of H-pyrrole nitrogens is 1. The number of halogens is 1. The van der Waals surface area contributed by atoms with E-state index in [0.717, 1.165) is 28.1 Å². The number of aromatic nitrogens is 4. The zero-order valence-electron chi connectivity index (χ0n) is 17.5. The van der Waals surface area contributed by atoms with E-state index >= 15 is 0 Å². The standard InChI is InChI=1S/C21H25ClN6O2/c1-13-11-27(20(29)30-21(2,3)4)7-8-28(13)19-18-17(25-12-26-19)15(10-24-18)16-9-14(22)5-6-23-16/h5-6,9-10,12-13,24H,7-8,11H2,1-4H3/t13-/m0/s1. The fourth-order valence-electron chi connectivity index (χ4n) is 3.66. The number of hydrogen-bond acceptors (Lipinski definition) is 6. The third-order valence-corrected chi connectivity index (χ3v) is 5.23. The molecule has 8 nitrogen and oxygen atoms in total. The Morgan fingerprint density at radius 2 is 2.07 bits per heavy atom. The molecule has 0 aliphatic carbocycles. The second kappa shape index (κ2) is 7.75. The maximum Gasteiger partial charge on any atom is 0.410 e. The molecule has 1 atom stereocenters. The summed E-state index contributed by atoms with van der Waals surface area (Å²) in [6.45, 7) is 9.47. The van der Waals surface area contributed by atoms with Gasteiger partial charge in [-0.15, -0.1) is 0 Å². The molecule has 9 heteroatoms. The van der Waals surface area contributed by atoms with E-state index in [1.165, 1.54) is 0 Å². The molecule has 0 radical (unpaired) electrons. The molecular weight excluding hydrogens is 404 g/mol. The minimum absolute atomic E-state index is 0.0698. The van der Waals surface area contributed by atoms with Gasteiger partial charge in [0.2, 0.25) is 0 Å². The quantitative estimate of drug-likeness (QED) is 0.660. The van der Waals surface area contributed by atoms with Gasteiger partial charge in [0.05, 0.1) is 5.69 Å². The lowest BCUT2D eigenvalue weighted by Crippen LogP contribution is -2.54. The molecule has 0 unspecified atom stereocenters. The highest BCUT2D eigenvalue weighted by Gasteiger charge is 2.31. The maximum atomic E-state index is 12.4. The number of amides is 1. The molecule has 3 aromatic rings. The van der Waals surface area contributed by atoms with Gasteiger partial charge in [0.15, 0.2) is 5.82 Å². The van der Waals surface area contributed by atoms with Crippen LogP contribution in [0.15, 0.2) is 30.9 Å². The molecule has 4 rings (SSSR count). The van der Waals surface area contributed by atoms with Crippen molar-refractivity contribution in [2.45, 2.75) is 39.3 Å². The summed E-state index contributed by atoms with van der Waals surface area (Å²) in [5.74, 6) is 0.810.